The number of nitrogens with two attached hydrogens (primary N) is 2. The molecule has 0 atom stereocenters. The molecular weight excluding hydrogens is 308 g/mol. The van der Waals surface area contributed by atoms with Gasteiger partial charge in [0.15, 0.2) is 0 Å². The molecule has 0 saturated heterocycles. The molecule has 0 unspecified atom stereocenters. The monoisotopic (exact) mass is 332 g/mol. The van der Waals surface area contributed by atoms with Crippen molar-refractivity contribution in [1.82, 2.24) is 10.9 Å². The molecular formula is C16H24N6O2. The lowest BCUT2D eigenvalue weighted by Gasteiger charge is -2.16. The van der Waals surface area contributed by atoms with E-state index in [1.54, 1.807) is 12.4 Å². The van der Waals surface area contributed by atoms with Crippen LogP contribution in [0.2, 0.25) is 0 Å². The van der Waals surface area contributed by atoms with Gasteiger partial charge in [-0.2, -0.15) is 10.2 Å². The van der Waals surface area contributed by atoms with Gasteiger partial charge in [0.2, 0.25) is 0 Å². The highest BCUT2D eigenvalue weighted by Gasteiger charge is 2.13. The van der Waals surface area contributed by atoms with E-state index in [1.807, 2.05) is 6.92 Å². The van der Waals surface area contributed by atoms with Crippen LogP contribution < -0.4 is 22.3 Å². The molecule has 0 spiro atoms. The van der Waals surface area contributed by atoms with E-state index in [9.17, 15) is 9.59 Å². The van der Waals surface area contributed by atoms with E-state index in [1.165, 1.54) is 0 Å². The van der Waals surface area contributed by atoms with Crippen LogP contribution in [0.3, 0.4) is 0 Å². The number of rotatable bonds is 7. The molecule has 1 aromatic rings. The first-order chi connectivity index (χ1) is 11.4. The summed E-state index contributed by atoms with van der Waals surface area (Å²) in [6.07, 6.45) is 5.53. The summed E-state index contributed by atoms with van der Waals surface area (Å²) >= 11 is 0. The number of primary amides is 2. The van der Waals surface area contributed by atoms with Crippen LogP contribution in [0, 0.1) is 0 Å². The molecule has 0 aliphatic heterocycles. The first kappa shape index (κ1) is 19.1. The minimum absolute atomic E-state index is 0.722. The largest absolute Gasteiger partial charge is 0.350 e. The fourth-order valence-electron chi connectivity index (χ4n) is 2.51. The fourth-order valence-corrected chi connectivity index (χ4v) is 2.51. The Morgan fingerprint density at radius 2 is 1.33 bits per heavy atom. The van der Waals surface area contributed by atoms with Crippen molar-refractivity contribution in [3.8, 4) is 0 Å². The number of carbonyl (C=O) groups is 2. The first-order valence-corrected chi connectivity index (χ1v) is 7.79. The number of hydrogen-bond acceptors (Lipinski definition) is 4. The topological polar surface area (TPSA) is 135 Å². The van der Waals surface area contributed by atoms with Crippen LogP contribution in [0.15, 0.2) is 16.3 Å². The summed E-state index contributed by atoms with van der Waals surface area (Å²) < 4.78 is 0. The van der Waals surface area contributed by atoms with Crippen LogP contribution in [0.5, 0.6) is 0 Å². The van der Waals surface area contributed by atoms with E-state index in [0.717, 1.165) is 47.1 Å². The number of carbonyl (C=O) groups excluding carboxylic acids is 2. The predicted molar refractivity (Wildman–Crippen MR) is 95.2 cm³/mol. The van der Waals surface area contributed by atoms with Crippen LogP contribution in [-0.2, 0) is 19.3 Å². The third-order valence-electron chi connectivity index (χ3n) is 3.54. The number of nitrogens with one attached hydrogen (secondary N) is 2. The number of benzene rings is 1. The Bertz CT molecular complexity index is 615. The molecule has 1 aromatic carbocycles. The van der Waals surface area contributed by atoms with Crippen LogP contribution >= 0.6 is 0 Å². The fraction of sp³-hybridized carbons (Fsp3) is 0.375. The van der Waals surface area contributed by atoms with Crippen molar-refractivity contribution < 1.29 is 9.59 Å². The van der Waals surface area contributed by atoms with E-state index in [4.69, 9.17) is 11.5 Å². The van der Waals surface area contributed by atoms with Gasteiger partial charge in [-0.3, -0.25) is 0 Å². The Morgan fingerprint density at radius 3 is 1.62 bits per heavy atom. The van der Waals surface area contributed by atoms with Gasteiger partial charge in [-0.05, 0) is 36.0 Å². The minimum atomic E-state index is -0.722. The molecule has 24 heavy (non-hydrogen) atoms. The Morgan fingerprint density at radius 1 is 0.917 bits per heavy atom. The zero-order valence-corrected chi connectivity index (χ0v) is 14.2. The number of urea groups is 2. The van der Waals surface area contributed by atoms with Gasteiger partial charge in [-0.15, -0.1) is 0 Å². The second-order valence-corrected chi connectivity index (χ2v) is 5.03. The summed E-state index contributed by atoms with van der Waals surface area (Å²) in [6.45, 7) is 6.12. The van der Waals surface area contributed by atoms with Gasteiger partial charge < -0.3 is 11.5 Å². The SMILES string of the molecule is CCc1cc(CC)c(/C=N/NC(N)=O)c(CC)c1/C=N/NC(N)=O. The molecule has 0 radical (unpaired) electrons. The van der Waals surface area contributed by atoms with E-state index >= 15 is 0 Å². The zero-order chi connectivity index (χ0) is 18.1. The molecule has 4 amide bonds. The Balaban J connectivity index is 3.44. The number of amides is 4. The van der Waals surface area contributed by atoms with Crippen LogP contribution in [0.25, 0.3) is 0 Å². The molecule has 8 nitrogen and oxygen atoms in total. The van der Waals surface area contributed by atoms with Crippen molar-refractivity contribution in [2.45, 2.75) is 40.0 Å². The highest BCUT2D eigenvalue weighted by atomic mass is 16.2. The smallest absolute Gasteiger partial charge is 0.332 e. The van der Waals surface area contributed by atoms with Crippen LogP contribution in [0.4, 0.5) is 9.59 Å². The van der Waals surface area contributed by atoms with E-state index in [2.05, 4.69) is 41.0 Å². The molecule has 0 heterocycles. The number of nitrogens with zero attached hydrogens (tertiary/aromatic N) is 2. The maximum atomic E-state index is 10.8. The van der Waals surface area contributed by atoms with Gasteiger partial charge in [-0.25, -0.2) is 20.4 Å². The summed E-state index contributed by atoms with van der Waals surface area (Å²) in [4.78, 5) is 21.6. The van der Waals surface area contributed by atoms with Crippen molar-refractivity contribution in [2.75, 3.05) is 0 Å². The summed E-state index contributed by atoms with van der Waals surface area (Å²) in [5.74, 6) is 0. The second-order valence-electron chi connectivity index (χ2n) is 5.03. The number of hydrogen-bond donors (Lipinski definition) is 4. The predicted octanol–water partition coefficient (Wildman–Crippen LogP) is 1.38. The third-order valence-corrected chi connectivity index (χ3v) is 3.54. The van der Waals surface area contributed by atoms with E-state index in [0.29, 0.717) is 0 Å². The average Bonchev–Trinajstić information content (AvgIpc) is 2.54. The van der Waals surface area contributed by atoms with Crippen molar-refractivity contribution in [3.63, 3.8) is 0 Å². The quantitative estimate of drug-likeness (QED) is 0.443. The minimum Gasteiger partial charge on any atom is -0.350 e. The number of hydrazone groups is 2. The lowest BCUT2D eigenvalue weighted by atomic mass is 9.89. The van der Waals surface area contributed by atoms with Crippen molar-refractivity contribution in [1.29, 1.82) is 0 Å². The highest BCUT2D eigenvalue weighted by molar-refractivity contribution is 5.93. The van der Waals surface area contributed by atoms with Gasteiger partial charge >= 0.3 is 12.1 Å². The van der Waals surface area contributed by atoms with Gasteiger partial charge in [0, 0.05) is 11.1 Å². The highest BCUT2D eigenvalue weighted by Crippen LogP contribution is 2.23. The van der Waals surface area contributed by atoms with Gasteiger partial charge in [0.25, 0.3) is 0 Å². The van der Waals surface area contributed by atoms with E-state index < -0.39 is 12.1 Å². The summed E-state index contributed by atoms with van der Waals surface area (Å²) in [6, 6.07) is 0.635. The molecule has 0 fully saturated rings. The Hall–Kier alpha value is -2.90. The molecule has 0 aromatic heterocycles. The molecule has 6 N–H and O–H groups in total. The average molecular weight is 332 g/mol. The zero-order valence-electron chi connectivity index (χ0n) is 14.2. The van der Waals surface area contributed by atoms with E-state index in [-0.39, 0.29) is 0 Å². The standard InChI is InChI=1S/C16H24N6O2/c1-4-10-7-11(5-2)14(9-20-22-16(18)24)12(6-3)13(10)8-19-21-15(17)23/h7-9H,4-6H2,1-3H3,(H3,17,21,23)(H3,18,22,24)/b19-8+,20-9+. The molecule has 1 rings (SSSR count). The summed E-state index contributed by atoms with van der Waals surface area (Å²) in [7, 11) is 0. The lowest BCUT2D eigenvalue weighted by Crippen LogP contribution is -2.25. The maximum Gasteiger partial charge on any atom is 0.332 e. The van der Waals surface area contributed by atoms with Gasteiger partial charge in [0.05, 0.1) is 12.4 Å². The summed E-state index contributed by atoms with van der Waals surface area (Å²) in [5, 5.41) is 7.76. The first-order valence-electron chi connectivity index (χ1n) is 7.79. The van der Waals surface area contributed by atoms with Gasteiger partial charge in [0.1, 0.15) is 0 Å². The summed E-state index contributed by atoms with van der Waals surface area (Å²) in [5.41, 5.74) is 19.5. The molecule has 8 heteroatoms. The molecule has 0 aliphatic carbocycles. The van der Waals surface area contributed by atoms with Gasteiger partial charge in [-0.1, -0.05) is 26.8 Å². The Kier molecular flexibility index (Phi) is 7.41. The Labute approximate surface area is 141 Å². The number of aryl methyl sites for hydroxylation is 2. The van der Waals surface area contributed by atoms with Crippen molar-refractivity contribution >= 4 is 24.5 Å². The maximum absolute atomic E-state index is 10.8. The van der Waals surface area contributed by atoms with Crippen LogP contribution in [-0.4, -0.2) is 24.5 Å². The third kappa shape index (κ3) is 5.08. The van der Waals surface area contributed by atoms with Crippen molar-refractivity contribution in [2.24, 2.45) is 21.7 Å². The molecule has 0 saturated carbocycles. The molecule has 0 aliphatic rings. The second kappa shape index (κ2) is 9.29. The lowest BCUT2D eigenvalue weighted by molar-refractivity contribution is 0.248. The van der Waals surface area contributed by atoms with Crippen LogP contribution in [0.1, 0.15) is 48.6 Å². The molecule has 130 valence electrons. The molecule has 0 bridgehead atoms. The van der Waals surface area contributed by atoms with Crippen molar-refractivity contribution in [3.05, 3.63) is 33.9 Å². The normalized spacial score (nSPS) is 11.1.